The predicted octanol–water partition coefficient (Wildman–Crippen LogP) is 0.775. The molecule has 1 unspecified atom stereocenters. The number of fused-ring (bicyclic) bond motifs is 5. The van der Waals surface area contributed by atoms with Crippen molar-refractivity contribution in [1.29, 1.82) is 0 Å². The van der Waals surface area contributed by atoms with Gasteiger partial charge in [0.25, 0.3) is 5.91 Å². The smallest absolute Gasteiger partial charge is 0.382 e. The van der Waals surface area contributed by atoms with Crippen LogP contribution in [0, 0.1) is 23.5 Å². The number of rotatable bonds is 0. The minimum atomic E-state index is -1.86. The highest BCUT2D eigenvalue weighted by Crippen LogP contribution is 2.54. The van der Waals surface area contributed by atoms with Gasteiger partial charge < -0.3 is 15.9 Å². The molecule has 2 aromatic rings. The molecule has 0 saturated carbocycles. The lowest BCUT2D eigenvalue weighted by molar-refractivity contribution is -0.130. The third-order valence-corrected chi connectivity index (χ3v) is 4.44. The summed E-state index contributed by atoms with van der Waals surface area (Å²) in [4.78, 5) is 27.6. The number of nitrogens with two attached hydrogens (primary N) is 1. The molecule has 1 spiro atoms. The second kappa shape index (κ2) is 5.28. The van der Waals surface area contributed by atoms with E-state index >= 15 is 0 Å². The third kappa shape index (κ3) is 2.10. The number of carbonyl (C=O) groups excluding carboxylic acids is 1. The Hall–Kier alpha value is -3.93. The molecule has 0 radical (unpaired) electrons. The number of carbonyl (C=O) groups is 2. The monoisotopic (exact) mass is 369 g/mol. The molecule has 1 aliphatic heterocycles. The number of aliphatic carboxylic acids is 1. The van der Waals surface area contributed by atoms with Gasteiger partial charge in [0, 0.05) is 22.6 Å². The van der Waals surface area contributed by atoms with E-state index in [1.54, 1.807) is 5.92 Å². The summed E-state index contributed by atoms with van der Waals surface area (Å²) in [6, 6.07) is 4.37. The van der Waals surface area contributed by atoms with E-state index < -0.39 is 34.8 Å². The average molecular weight is 369 g/mol. The van der Waals surface area contributed by atoms with E-state index in [2.05, 4.69) is 16.2 Å². The molecule has 2 aromatic carbocycles. The van der Waals surface area contributed by atoms with Gasteiger partial charge in [-0.3, -0.25) is 10.1 Å². The molecule has 7 nitrogen and oxygen atoms in total. The quantitative estimate of drug-likeness (QED) is 0.511. The third-order valence-electron chi connectivity index (χ3n) is 4.44. The van der Waals surface area contributed by atoms with E-state index in [9.17, 15) is 23.5 Å². The normalized spacial score (nSPS) is 19.0. The van der Waals surface area contributed by atoms with Crippen LogP contribution < -0.4 is 11.1 Å². The van der Waals surface area contributed by atoms with Crippen molar-refractivity contribution >= 4 is 17.8 Å². The number of phenols is 1. The maximum Gasteiger partial charge on any atom is 0.382 e. The summed E-state index contributed by atoms with van der Waals surface area (Å²) in [5.41, 5.74) is 3.82. The van der Waals surface area contributed by atoms with Crippen LogP contribution in [-0.2, 0) is 15.1 Å². The number of carboxylic acid groups (broad SMARTS) is 1. The van der Waals surface area contributed by atoms with Gasteiger partial charge in [-0.2, -0.15) is 0 Å². The van der Waals surface area contributed by atoms with Crippen LogP contribution >= 0.6 is 0 Å². The van der Waals surface area contributed by atoms with Crippen molar-refractivity contribution in [2.75, 3.05) is 0 Å². The van der Waals surface area contributed by atoms with Crippen LogP contribution in [0.25, 0.3) is 11.1 Å². The molecule has 0 fully saturated rings. The number of aliphatic imine (C=N–C) groups is 1. The first-order chi connectivity index (χ1) is 12.8. The summed E-state index contributed by atoms with van der Waals surface area (Å²) in [7, 11) is 0. The van der Waals surface area contributed by atoms with E-state index in [4.69, 9.17) is 10.8 Å². The molecule has 0 saturated heterocycles. The van der Waals surface area contributed by atoms with E-state index in [-0.39, 0.29) is 33.8 Å². The highest BCUT2D eigenvalue weighted by Gasteiger charge is 2.54. The van der Waals surface area contributed by atoms with Gasteiger partial charge in [-0.15, -0.1) is 0 Å². The first kappa shape index (κ1) is 16.5. The number of amides is 1. The zero-order valence-corrected chi connectivity index (χ0v) is 13.3. The fourth-order valence-corrected chi connectivity index (χ4v) is 3.45. The zero-order chi connectivity index (χ0) is 19.5. The summed E-state index contributed by atoms with van der Waals surface area (Å²) in [6.07, 6.45) is 0. The number of aromatic hydroxyl groups is 1. The van der Waals surface area contributed by atoms with Crippen molar-refractivity contribution in [2.24, 2.45) is 10.7 Å². The number of carboxylic acids is 1. The standard InChI is InChI=1S/C18H9F2N3O4/c19-7-1-2-8-10(5-7)18(16(27)22-17(21)23-18)11-6-12(20)15(26)9(14(8)11)3-4-13(24)25/h1-2,5-6,26H,(H,24,25)(H3,21,22,23,27). The summed E-state index contributed by atoms with van der Waals surface area (Å²) in [5.74, 6) is -1.16. The maximum atomic E-state index is 14.4. The molecular weight excluding hydrogens is 360 g/mol. The van der Waals surface area contributed by atoms with Gasteiger partial charge in [0.1, 0.15) is 5.82 Å². The van der Waals surface area contributed by atoms with Crippen LogP contribution in [0.5, 0.6) is 5.75 Å². The lowest BCUT2D eigenvalue weighted by atomic mass is 9.87. The number of guanidine groups is 1. The summed E-state index contributed by atoms with van der Waals surface area (Å²) in [5, 5.41) is 21.2. The van der Waals surface area contributed by atoms with Crippen molar-refractivity contribution in [1.82, 2.24) is 5.32 Å². The van der Waals surface area contributed by atoms with Crippen molar-refractivity contribution < 1.29 is 28.6 Å². The minimum absolute atomic E-state index is 0.0222. The number of halogens is 2. The molecule has 0 aromatic heterocycles. The number of hydrogen-bond donors (Lipinski definition) is 4. The Labute approximate surface area is 150 Å². The van der Waals surface area contributed by atoms with Crippen LogP contribution in [0.2, 0.25) is 0 Å². The van der Waals surface area contributed by atoms with Crippen molar-refractivity contribution in [3.63, 3.8) is 0 Å². The van der Waals surface area contributed by atoms with Crippen molar-refractivity contribution in [3.8, 4) is 28.7 Å². The Morgan fingerprint density at radius 3 is 2.63 bits per heavy atom. The van der Waals surface area contributed by atoms with E-state index in [0.29, 0.717) is 0 Å². The predicted molar refractivity (Wildman–Crippen MR) is 88.5 cm³/mol. The molecule has 27 heavy (non-hydrogen) atoms. The van der Waals surface area contributed by atoms with Gasteiger partial charge in [0.05, 0.1) is 5.56 Å². The summed E-state index contributed by atoms with van der Waals surface area (Å²) in [6.45, 7) is 0. The average Bonchev–Trinajstić information content (AvgIpc) is 3.03. The van der Waals surface area contributed by atoms with Gasteiger partial charge in [-0.05, 0) is 23.8 Å². The lowest BCUT2D eigenvalue weighted by Crippen LogP contribution is -2.38. The molecule has 9 heteroatoms. The molecule has 0 bridgehead atoms. The van der Waals surface area contributed by atoms with Crippen LogP contribution in [0.1, 0.15) is 16.7 Å². The highest BCUT2D eigenvalue weighted by atomic mass is 19.1. The van der Waals surface area contributed by atoms with E-state index in [1.165, 1.54) is 6.07 Å². The van der Waals surface area contributed by atoms with Gasteiger partial charge in [0.15, 0.2) is 23.1 Å². The topological polar surface area (TPSA) is 125 Å². The molecule has 1 aliphatic carbocycles. The maximum absolute atomic E-state index is 14.4. The molecule has 1 amide bonds. The number of benzene rings is 2. The number of phenolic OH excluding ortho intramolecular Hbond substituents is 1. The molecule has 5 N–H and O–H groups in total. The summed E-state index contributed by atoms with van der Waals surface area (Å²) >= 11 is 0. The molecule has 4 rings (SSSR count). The van der Waals surface area contributed by atoms with Gasteiger partial charge in [0.2, 0.25) is 0 Å². The Morgan fingerprint density at radius 1 is 1.26 bits per heavy atom. The summed E-state index contributed by atoms with van der Waals surface area (Å²) < 4.78 is 28.3. The molecular formula is C18H9F2N3O4. The Morgan fingerprint density at radius 2 is 2.00 bits per heavy atom. The molecule has 134 valence electrons. The SMILES string of the molecule is NC1=NC2(C(=O)N1)c1cc(F)ccc1-c1c2cc(F)c(O)c1C#CC(=O)O. The second-order valence-electron chi connectivity index (χ2n) is 5.91. The Balaban J connectivity index is 2.18. The van der Waals surface area contributed by atoms with Gasteiger partial charge in [-0.1, -0.05) is 12.0 Å². The van der Waals surface area contributed by atoms with Gasteiger partial charge >= 0.3 is 5.97 Å². The fraction of sp³-hybridized carbons (Fsp3) is 0.0556. The van der Waals surface area contributed by atoms with Crippen LogP contribution in [0.15, 0.2) is 29.3 Å². The van der Waals surface area contributed by atoms with Crippen LogP contribution in [0.4, 0.5) is 8.78 Å². The Kier molecular flexibility index (Phi) is 3.23. The second-order valence-corrected chi connectivity index (χ2v) is 5.91. The first-order valence-electron chi connectivity index (χ1n) is 7.53. The highest BCUT2D eigenvalue weighted by molar-refractivity contribution is 6.13. The zero-order valence-electron chi connectivity index (χ0n) is 13.3. The molecule has 1 heterocycles. The van der Waals surface area contributed by atoms with E-state index in [1.807, 2.05) is 0 Å². The number of nitrogens with zero attached hydrogens (tertiary/aromatic N) is 1. The number of nitrogens with one attached hydrogen (secondary N) is 1. The molecule has 1 atom stereocenters. The number of hydrogen-bond acceptors (Lipinski definition) is 5. The molecule has 2 aliphatic rings. The lowest BCUT2D eigenvalue weighted by Gasteiger charge is -2.20. The van der Waals surface area contributed by atoms with Crippen molar-refractivity contribution in [2.45, 2.75) is 5.54 Å². The van der Waals surface area contributed by atoms with Gasteiger partial charge in [-0.25, -0.2) is 18.6 Å². The minimum Gasteiger partial charge on any atom is -0.504 e. The van der Waals surface area contributed by atoms with E-state index in [0.717, 1.165) is 18.2 Å². The largest absolute Gasteiger partial charge is 0.504 e. The first-order valence-corrected chi connectivity index (χ1v) is 7.53. The van der Waals surface area contributed by atoms with Crippen LogP contribution in [0.3, 0.4) is 0 Å². The Bertz CT molecular complexity index is 1160. The van der Waals surface area contributed by atoms with Crippen molar-refractivity contribution in [3.05, 3.63) is 52.6 Å². The van der Waals surface area contributed by atoms with Crippen LogP contribution in [-0.4, -0.2) is 28.0 Å². The fourth-order valence-electron chi connectivity index (χ4n) is 3.45.